The Morgan fingerprint density at radius 1 is 1.64 bits per heavy atom. The van der Waals surface area contributed by atoms with E-state index in [9.17, 15) is 4.39 Å². The fraction of sp³-hybridized carbons (Fsp3) is 0.818. The zero-order chi connectivity index (χ0) is 10.0. The van der Waals surface area contributed by atoms with Crippen molar-refractivity contribution in [3.05, 3.63) is 11.9 Å². The lowest BCUT2D eigenvalue weighted by molar-refractivity contribution is 0.0418. The zero-order valence-corrected chi connectivity index (χ0v) is 8.76. The number of rotatable bonds is 3. The Balaban J connectivity index is 2.06. The molecule has 0 bridgehead atoms. The fourth-order valence-corrected chi connectivity index (χ4v) is 2.74. The summed E-state index contributed by atoms with van der Waals surface area (Å²) in [6.45, 7) is 5.44. The lowest BCUT2D eigenvalue weighted by Crippen LogP contribution is -2.42. The van der Waals surface area contributed by atoms with Crippen LogP contribution < -0.4 is 0 Å². The number of hydrogen-bond donors (Lipinski definition) is 0. The smallest absolute Gasteiger partial charge is 0.0872 e. The van der Waals surface area contributed by atoms with Crippen LogP contribution in [0, 0.1) is 0 Å². The van der Waals surface area contributed by atoms with E-state index in [0.29, 0.717) is 0 Å². The Morgan fingerprint density at radius 2 is 2.50 bits per heavy atom. The highest BCUT2D eigenvalue weighted by atomic mass is 19.1. The van der Waals surface area contributed by atoms with Gasteiger partial charge in [-0.05, 0) is 38.3 Å². The Labute approximate surface area is 84.7 Å². The fourth-order valence-electron chi connectivity index (χ4n) is 2.74. The van der Waals surface area contributed by atoms with Crippen LogP contribution >= 0.6 is 0 Å². The van der Waals surface area contributed by atoms with Crippen LogP contribution in [0.25, 0.3) is 0 Å². The number of nitrogens with zero attached hydrogens (tertiary/aromatic N) is 1. The molecular formula is C11H18FNO. The Bertz CT molecular complexity index is 241. The maximum absolute atomic E-state index is 12.5. The maximum atomic E-state index is 12.5. The monoisotopic (exact) mass is 199 g/mol. The highest BCUT2D eigenvalue weighted by molar-refractivity contribution is 5.19. The summed E-state index contributed by atoms with van der Waals surface area (Å²) in [6.07, 6.45) is 4.03. The van der Waals surface area contributed by atoms with Crippen LogP contribution in [0.3, 0.4) is 0 Å². The summed E-state index contributed by atoms with van der Waals surface area (Å²) in [5.74, 6) is 0. The van der Waals surface area contributed by atoms with Crippen molar-refractivity contribution in [3.63, 3.8) is 0 Å². The van der Waals surface area contributed by atoms with Crippen molar-refractivity contribution in [2.45, 2.75) is 31.7 Å². The first-order valence-electron chi connectivity index (χ1n) is 5.42. The largest absolute Gasteiger partial charge is 0.380 e. The highest BCUT2D eigenvalue weighted by Crippen LogP contribution is 2.41. The molecule has 0 aromatic rings. The van der Waals surface area contributed by atoms with Crippen LogP contribution in [-0.4, -0.2) is 36.7 Å². The average molecular weight is 199 g/mol. The van der Waals surface area contributed by atoms with Crippen molar-refractivity contribution >= 4 is 0 Å². The molecular weight excluding hydrogens is 181 g/mol. The molecule has 2 heterocycles. The molecule has 80 valence electrons. The zero-order valence-electron chi connectivity index (χ0n) is 8.76. The average Bonchev–Trinajstić information content (AvgIpc) is 2.70. The van der Waals surface area contributed by atoms with Crippen LogP contribution in [-0.2, 0) is 4.74 Å². The second-order valence-corrected chi connectivity index (χ2v) is 4.33. The first-order valence-corrected chi connectivity index (χ1v) is 5.42. The molecule has 0 unspecified atom stereocenters. The van der Waals surface area contributed by atoms with Crippen molar-refractivity contribution < 1.29 is 9.13 Å². The van der Waals surface area contributed by atoms with E-state index in [2.05, 4.69) is 4.90 Å². The predicted octanol–water partition coefficient (Wildman–Crippen LogP) is 2.11. The third kappa shape index (κ3) is 1.59. The summed E-state index contributed by atoms with van der Waals surface area (Å²) in [7, 11) is 0. The molecule has 0 N–H and O–H groups in total. The van der Waals surface area contributed by atoms with E-state index in [-0.39, 0.29) is 5.54 Å². The van der Waals surface area contributed by atoms with Crippen LogP contribution in [0.1, 0.15) is 26.2 Å². The van der Waals surface area contributed by atoms with Gasteiger partial charge in [-0.3, -0.25) is 4.90 Å². The minimum Gasteiger partial charge on any atom is -0.380 e. The van der Waals surface area contributed by atoms with Gasteiger partial charge < -0.3 is 4.74 Å². The van der Waals surface area contributed by atoms with Crippen molar-refractivity contribution in [3.8, 4) is 0 Å². The minimum atomic E-state index is 0.133. The molecule has 2 saturated heterocycles. The molecule has 2 rings (SSSR count). The van der Waals surface area contributed by atoms with E-state index in [4.69, 9.17) is 4.74 Å². The molecule has 14 heavy (non-hydrogen) atoms. The quantitative estimate of drug-likeness (QED) is 0.690. The van der Waals surface area contributed by atoms with E-state index < -0.39 is 0 Å². The lowest BCUT2D eigenvalue weighted by atomic mass is 9.94. The van der Waals surface area contributed by atoms with Crippen molar-refractivity contribution in [2.24, 2.45) is 0 Å². The maximum Gasteiger partial charge on any atom is 0.0872 e. The minimum absolute atomic E-state index is 0.133. The Morgan fingerprint density at radius 3 is 3.21 bits per heavy atom. The molecule has 2 fully saturated rings. The molecule has 0 radical (unpaired) electrons. The molecule has 2 aliphatic rings. The lowest BCUT2D eigenvalue weighted by Gasteiger charge is -2.30. The van der Waals surface area contributed by atoms with Gasteiger partial charge in [-0.2, -0.15) is 0 Å². The van der Waals surface area contributed by atoms with Gasteiger partial charge in [0.05, 0.1) is 12.9 Å². The molecule has 1 atom stereocenters. The van der Waals surface area contributed by atoms with Crippen LogP contribution in [0.15, 0.2) is 11.9 Å². The first-order chi connectivity index (χ1) is 6.80. The summed E-state index contributed by atoms with van der Waals surface area (Å²) >= 11 is 0. The molecule has 0 aromatic heterocycles. The van der Waals surface area contributed by atoms with Gasteiger partial charge in [0.2, 0.25) is 0 Å². The predicted molar refractivity (Wildman–Crippen MR) is 53.8 cm³/mol. The van der Waals surface area contributed by atoms with Gasteiger partial charge in [-0.1, -0.05) is 0 Å². The van der Waals surface area contributed by atoms with Crippen molar-refractivity contribution in [1.82, 2.24) is 4.90 Å². The normalized spacial score (nSPS) is 35.4. The van der Waals surface area contributed by atoms with E-state index in [1.807, 2.05) is 6.92 Å². The van der Waals surface area contributed by atoms with E-state index in [0.717, 1.165) is 51.0 Å². The molecule has 0 amide bonds. The van der Waals surface area contributed by atoms with Gasteiger partial charge in [0.1, 0.15) is 0 Å². The molecule has 0 aromatic carbocycles. The highest BCUT2D eigenvalue weighted by Gasteiger charge is 2.46. The Kier molecular flexibility index (Phi) is 2.88. The molecule has 2 nitrogen and oxygen atoms in total. The van der Waals surface area contributed by atoms with Gasteiger partial charge in [0, 0.05) is 18.7 Å². The van der Waals surface area contributed by atoms with Crippen LogP contribution in [0.2, 0.25) is 0 Å². The van der Waals surface area contributed by atoms with Crippen molar-refractivity contribution in [2.75, 3.05) is 26.3 Å². The summed E-state index contributed by atoms with van der Waals surface area (Å²) < 4.78 is 18.0. The molecule has 0 saturated carbocycles. The number of hydrogen-bond acceptors (Lipinski definition) is 2. The standard InChI is InChI=1S/C11H18FNO/c1-2-14-9-11-4-3-5-13(11)8-10(6-11)7-12/h7H,2-6,8-9H2,1H3/b10-7-/t11-/m0/s1. The SMILES string of the molecule is CCOC[C@@]12CCCN1C/C(=C\F)C2. The number of ether oxygens (including phenoxy) is 1. The van der Waals surface area contributed by atoms with Crippen molar-refractivity contribution in [1.29, 1.82) is 0 Å². The molecule has 0 aliphatic carbocycles. The van der Waals surface area contributed by atoms with E-state index >= 15 is 0 Å². The van der Waals surface area contributed by atoms with E-state index in [1.165, 1.54) is 6.42 Å². The number of halogens is 1. The summed E-state index contributed by atoms with van der Waals surface area (Å²) in [5.41, 5.74) is 1.07. The van der Waals surface area contributed by atoms with E-state index in [1.54, 1.807) is 0 Å². The van der Waals surface area contributed by atoms with Crippen LogP contribution in [0.4, 0.5) is 4.39 Å². The second kappa shape index (κ2) is 3.99. The summed E-state index contributed by atoms with van der Waals surface area (Å²) in [4.78, 5) is 2.38. The molecule has 2 aliphatic heterocycles. The van der Waals surface area contributed by atoms with Gasteiger partial charge in [0.15, 0.2) is 0 Å². The second-order valence-electron chi connectivity index (χ2n) is 4.33. The van der Waals surface area contributed by atoms with Gasteiger partial charge in [-0.25, -0.2) is 4.39 Å². The Hall–Kier alpha value is -0.410. The van der Waals surface area contributed by atoms with Gasteiger partial charge in [-0.15, -0.1) is 0 Å². The van der Waals surface area contributed by atoms with Gasteiger partial charge >= 0.3 is 0 Å². The third-order valence-corrected chi connectivity index (χ3v) is 3.42. The topological polar surface area (TPSA) is 12.5 Å². The molecule has 0 spiro atoms. The molecule has 3 heteroatoms. The summed E-state index contributed by atoms with van der Waals surface area (Å²) in [6, 6.07) is 0. The third-order valence-electron chi connectivity index (χ3n) is 3.42. The van der Waals surface area contributed by atoms with Gasteiger partial charge in [0.25, 0.3) is 0 Å². The summed E-state index contributed by atoms with van der Waals surface area (Å²) in [5, 5.41) is 0. The number of fused-ring (bicyclic) bond motifs is 1. The first kappa shape index (κ1) is 10.1. The van der Waals surface area contributed by atoms with Crippen LogP contribution in [0.5, 0.6) is 0 Å².